The van der Waals surface area contributed by atoms with Crippen LogP contribution in [0, 0.1) is 19.8 Å². The maximum Gasteiger partial charge on any atom is 0.243 e. The molecule has 2 fully saturated rings. The summed E-state index contributed by atoms with van der Waals surface area (Å²) in [5.74, 6) is 0.477. The van der Waals surface area contributed by atoms with Crippen molar-refractivity contribution in [1.82, 2.24) is 9.62 Å². The van der Waals surface area contributed by atoms with Crippen molar-refractivity contribution >= 4 is 10.0 Å². The summed E-state index contributed by atoms with van der Waals surface area (Å²) in [4.78, 5) is 0.438. The SMILES string of the molecule is Cc1ccc(S(=O)(=O)N2CCCC3CNCC32)cc1C. The van der Waals surface area contributed by atoms with Crippen LogP contribution in [0.3, 0.4) is 0 Å². The van der Waals surface area contributed by atoms with Crippen molar-refractivity contribution in [2.45, 2.75) is 37.6 Å². The van der Waals surface area contributed by atoms with Gasteiger partial charge in [-0.25, -0.2) is 8.42 Å². The minimum Gasteiger partial charge on any atom is -0.315 e. The first-order valence-corrected chi connectivity index (χ1v) is 8.74. The third kappa shape index (κ3) is 2.28. The Bertz CT molecular complexity index is 612. The van der Waals surface area contributed by atoms with E-state index in [0.717, 1.165) is 37.1 Å². The van der Waals surface area contributed by atoms with E-state index in [1.54, 1.807) is 16.4 Å². The molecule has 2 aliphatic rings. The second-order valence-electron chi connectivity index (χ2n) is 5.99. The van der Waals surface area contributed by atoms with Gasteiger partial charge in [0.2, 0.25) is 10.0 Å². The van der Waals surface area contributed by atoms with Crippen molar-refractivity contribution in [1.29, 1.82) is 0 Å². The molecule has 0 amide bonds. The number of hydrogen-bond acceptors (Lipinski definition) is 3. The number of benzene rings is 1. The Morgan fingerprint density at radius 2 is 2.00 bits per heavy atom. The standard InChI is InChI=1S/C15H22N2O2S/c1-11-5-6-14(8-12(11)2)20(18,19)17-7-3-4-13-9-16-10-15(13)17/h5-6,8,13,15-16H,3-4,7,9-10H2,1-2H3. The molecule has 0 bridgehead atoms. The minimum absolute atomic E-state index is 0.135. The van der Waals surface area contributed by atoms with Crippen LogP contribution in [-0.4, -0.2) is 38.4 Å². The maximum atomic E-state index is 12.9. The zero-order chi connectivity index (χ0) is 14.3. The molecule has 5 heteroatoms. The molecule has 0 aliphatic carbocycles. The largest absolute Gasteiger partial charge is 0.315 e. The zero-order valence-corrected chi connectivity index (χ0v) is 12.9. The summed E-state index contributed by atoms with van der Waals surface area (Å²) in [5, 5.41) is 3.33. The second-order valence-corrected chi connectivity index (χ2v) is 7.88. The van der Waals surface area contributed by atoms with Gasteiger partial charge in [-0.05, 0) is 62.4 Å². The lowest BCUT2D eigenvalue weighted by Gasteiger charge is -2.36. The van der Waals surface area contributed by atoms with E-state index >= 15 is 0 Å². The predicted molar refractivity (Wildman–Crippen MR) is 79.2 cm³/mol. The van der Waals surface area contributed by atoms with Crippen LogP contribution >= 0.6 is 0 Å². The van der Waals surface area contributed by atoms with E-state index in [9.17, 15) is 8.42 Å². The molecule has 4 nitrogen and oxygen atoms in total. The van der Waals surface area contributed by atoms with Gasteiger partial charge in [-0.2, -0.15) is 4.31 Å². The Hall–Kier alpha value is -0.910. The molecule has 0 radical (unpaired) electrons. The van der Waals surface area contributed by atoms with Crippen molar-refractivity contribution in [3.8, 4) is 0 Å². The molecule has 0 saturated carbocycles. The Labute approximate surface area is 121 Å². The van der Waals surface area contributed by atoms with Crippen LogP contribution in [0.25, 0.3) is 0 Å². The number of piperidine rings is 1. The molecule has 2 aliphatic heterocycles. The van der Waals surface area contributed by atoms with E-state index in [4.69, 9.17) is 0 Å². The smallest absolute Gasteiger partial charge is 0.243 e. The summed E-state index contributed by atoms with van der Waals surface area (Å²) in [7, 11) is -3.36. The van der Waals surface area contributed by atoms with Crippen molar-refractivity contribution < 1.29 is 8.42 Å². The molecule has 0 spiro atoms. The number of rotatable bonds is 2. The average molecular weight is 294 g/mol. The predicted octanol–water partition coefficient (Wildman–Crippen LogP) is 1.68. The van der Waals surface area contributed by atoms with E-state index < -0.39 is 10.0 Å². The third-order valence-corrected chi connectivity index (χ3v) is 6.63. The first kappa shape index (κ1) is 14.0. The number of nitrogens with one attached hydrogen (secondary N) is 1. The Morgan fingerprint density at radius 3 is 2.75 bits per heavy atom. The van der Waals surface area contributed by atoms with E-state index in [-0.39, 0.29) is 6.04 Å². The van der Waals surface area contributed by atoms with Gasteiger partial charge in [0.25, 0.3) is 0 Å². The third-order valence-electron chi connectivity index (χ3n) is 4.71. The topological polar surface area (TPSA) is 49.4 Å². The van der Waals surface area contributed by atoms with Crippen LogP contribution in [0.1, 0.15) is 24.0 Å². The molecule has 2 heterocycles. The van der Waals surface area contributed by atoms with Gasteiger partial charge in [0.1, 0.15) is 0 Å². The normalized spacial score (nSPS) is 27.5. The van der Waals surface area contributed by atoms with Crippen molar-refractivity contribution in [2.24, 2.45) is 5.92 Å². The van der Waals surface area contributed by atoms with E-state index in [2.05, 4.69) is 5.32 Å². The fourth-order valence-electron chi connectivity index (χ4n) is 3.33. The Morgan fingerprint density at radius 1 is 1.20 bits per heavy atom. The van der Waals surface area contributed by atoms with Gasteiger partial charge in [-0.3, -0.25) is 0 Å². The molecule has 1 aromatic rings. The van der Waals surface area contributed by atoms with Crippen LogP contribution < -0.4 is 5.32 Å². The highest BCUT2D eigenvalue weighted by Gasteiger charge is 2.41. The second kappa shape index (κ2) is 5.13. The van der Waals surface area contributed by atoms with Gasteiger partial charge in [0.05, 0.1) is 4.90 Å². The summed E-state index contributed by atoms with van der Waals surface area (Å²) in [6.07, 6.45) is 2.10. The van der Waals surface area contributed by atoms with Crippen molar-refractivity contribution in [3.05, 3.63) is 29.3 Å². The van der Waals surface area contributed by atoms with Crippen molar-refractivity contribution in [2.75, 3.05) is 19.6 Å². The highest BCUT2D eigenvalue weighted by molar-refractivity contribution is 7.89. The Balaban J connectivity index is 1.96. The number of aryl methyl sites for hydroxylation is 2. The molecule has 20 heavy (non-hydrogen) atoms. The van der Waals surface area contributed by atoms with Gasteiger partial charge < -0.3 is 5.32 Å². The molecule has 2 unspecified atom stereocenters. The molecule has 1 aromatic carbocycles. The fraction of sp³-hybridized carbons (Fsp3) is 0.600. The fourth-order valence-corrected chi connectivity index (χ4v) is 5.14. The zero-order valence-electron chi connectivity index (χ0n) is 12.1. The van der Waals surface area contributed by atoms with Gasteiger partial charge in [-0.1, -0.05) is 6.07 Å². The number of hydrogen-bond donors (Lipinski definition) is 1. The lowest BCUT2D eigenvalue weighted by molar-refractivity contribution is 0.217. The number of nitrogens with zero attached hydrogens (tertiary/aromatic N) is 1. The van der Waals surface area contributed by atoms with Crippen molar-refractivity contribution in [3.63, 3.8) is 0 Å². The summed E-state index contributed by atoms with van der Waals surface area (Å²) in [5.41, 5.74) is 2.16. The van der Waals surface area contributed by atoms with Gasteiger partial charge in [0, 0.05) is 19.1 Å². The van der Waals surface area contributed by atoms with Crippen LogP contribution in [0.2, 0.25) is 0 Å². The Kier molecular flexibility index (Phi) is 3.60. The number of fused-ring (bicyclic) bond motifs is 1. The minimum atomic E-state index is -3.36. The quantitative estimate of drug-likeness (QED) is 0.903. The van der Waals surface area contributed by atoms with Gasteiger partial charge >= 0.3 is 0 Å². The summed E-state index contributed by atoms with van der Waals surface area (Å²) in [6, 6.07) is 5.58. The molecule has 3 rings (SSSR count). The molecule has 1 N–H and O–H groups in total. The molecule has 110 valence electrons. The lowest BCUT2D eigenvalue weighted by atomic mass is 9.94. The van der Waals surface area contributed by atoms with Gasteiger partial charge in [-0.15, -0.1) is 0 Å². The van der Waals surface area contributed by atoms with Crippen LogP contribution in [0.15, 0.2) is 23.1 Å². The molecule has 2 saturated heterocycles. The number of sulfonamides is 1. The van der Waals surface area contributed by atoms with Crippen LogP contribution in [0.4, 0.5) is 0 Å². The first-order valence-electron chi connectivity index (χ1n) is 7.30. The highest BCUT2D eigenvalue weighted by Crippen LogP contribution is 2.31. The lowest BCUT2D eigenvalue weighted by Crippen LogP contribution is -2.48. The van der Waals surface area contributed by atoms with Crippen LogP contribution in [-0.2, 0) is 10.0 Å². The summed E-state index contributed by atoms with van der Waals surface area (Å²) >= 11 is 0. The van der Waals surface area contributed by atoms with Gasteiger partial charge in [0.15, 0.2) is 0 Å². The monoisotopic (exact) mass is 294 g/mol. The van der Waals surface area contributed by atoms with E-state index in [1.165, 1.54) is 0 Å². The molecular formula is C15H22N2O2S. The van der Waals surface area contributed by atoms with E-state index in [0.29, 0.717) is 17.4 Å². The maximum absolute atomic E-state index is 12.9. The summed E-state index contributed by atoms with van der Waals surface area (Å²) in [6.45, 7) is 6.35. The molecular weight excluding hydrogens is 272 g/mol. The average Bonchev–Trinajstić information content (AvgIpc) is 2.89. The molecule has 2 atom stereocenters. The van der Waals surface area contributed by atoms with Crippen LogP contribution in [0.5, 0.6) is 0 Å². The van der Waals surface area contributed by atoms with E-state index in [1.807, 2.05) is 19.9 Å². The molecule has 0 aromatic heterocycles. The summed E-state index contributed by atoms with van der Waals surface area (Å²) < 4.78 is 27.5. The first-order chi connectivity index (χ1) is 9.50. The highest BCUT2D eigenvalue weighted by atomic mass is 32.2.